The molecule has 0 radical (unpaired) electrons. The maximum Gasteiger partial charge on any atom is 0.261 e. The van der Waals surface area contributed by atoms with Gasteiger partial charge in [-0.25, -0.2) is 0 Å². The number of fused-ring (bicyclic) bond motifs is 1. The van der Waals surface area contributed by atoms with Gasteiger partial charge in [0, 0.05) is 31.4 Å². The second kappa shape index (κ2) is 7.29. The number of nitrogens with one attached hydrogen (secondary N) is 2. The summed E-state index contributed by atoms with van der Waals surface area (Å²) in [5.41, 5.74) is 2.26. The van der Waals surface area contributed by atoms with Crippen molar-refractivity contribution in [1.29, 1.82) is 0 Å². The van der Waals surface area contributed by atoms with Gasteiger partial charge in [0.25, 0.3) is 11.5 Å². The molecule has 122 valence electrons. The molecule has 0 spiro atoms. The van der Waals surface area contributed by atoms with Crippen molar-refractivity contribution in [2.45, 2.75) is 45.1 Å². The van der Waals surface area contributed by atoms with Crippen LogP contribution >= 0.6 is 12.4 Å². The van der Waals surface area contributed by atoms with E-state index in [1.807, 2.05) is 17.9 Å². The lowest BCUT2D eigenvalue weighted by Crippen LogP contribution is -2.53. The first-order valence-electron chi connectivity index (χ1n) is 7.93. The van der Waals surface area contributed by atoms with E-state index in [0.717, 1.165) is 50.0 Å². The first kappa shape index (κ1) is 17.0. The van der Waals surface area contributed by atoms with Crippen LogP contribution in [0, 0.1) is 0 Å². The quantitative estimate of drug-likeness (QED) is 0.769. The van der Waals surface area contributed by atoms with Crippen LogP contribution in [0.5, 0.6) is 0 Å². The topological polar surface area (TPSA) is 65.2 Å². The summed E-state index contributed by atoms with van der Waals surface area (Å²) in [6, 6.07) is 1.97. The van der Waals surface area contributed by atoms with Crippen LogP contribution in [0.2, 0.25) is 0 Å². The van der Waals surface area contributed by atoms with Crippen molar-refractivity contribution in [2.24, 2.45) is 0 Å². The van der Waals surface area contributed by atoms with Crippen LogP contribution in [0.3, 0.4) is 0 Å². The minimum absolute atomic E-state index is 0. The third-order valence-electron chi connectivity index (χ3n) is 4.58. The molecule has 0 bridgehead atoms. The third kappa shape index (κ3) is 3.36. The average Bonchev–Trinajstić information content (AvgIpc) is 2.71. The normalized spacial score (nSPS) is 21.5. The van der Waals surface area contributed by atoms with E-state index in [0.29, 0.717) is 12.1 Å². The molecule has 1 amide bonds. The molecular formula is C16H24ClN3O2. The van der Waals surface area contributed by atoms with Crippen molar-refractivity contribution >= 4 is 18.3 Å². The highest BCUT2D eigenvalue weighted by Crippen LogP contribution is 2.19. The Hall–Kier alpha value is -1.33. The SMILES string of the molecule is C[C@@H]1CNCCN1C(=O)c1cc2c([nH]c1=O)CCCCC2.Cl. The number of halogens is 1. The Bertz CT molecular complexity index is 600. The van der Waals surface area contributed by atoms with Gasteiger partial charge < -0.3 is 15.2 Å². The van der Waals surface area contributed by atoms with Crippen molar-refractivity contribution in [3.63, 3.8) is 0 Å². The highest BCUT2D eigenvalue weighted by Gasteiger charge is 2.26. The molecule has 1 atom stereocenters. The van der Waals surface area contributed by atoms with Gasteiger partial charge in [0.1, 0.15) is 5.56 Å². The van der Waals surface area contributed by atoms with Gasteiger partial charge in [0.15, 0.2) is 0 Å². The van der Waals surface area contributed by atoms with E-state index in [9.17, 15) is 9.59 Å². The van der Waals surface area contributed by atoms with Gasteiger partial charge >= 0.3 is 0 Å². The molecule has 3 rings (SSSR count). The number of aromatic nitrogens is 1. The Morgan fingerprint density at radius 1 is 1.27 bits per heavy atom. The minimum Gasteiger partial charge on any atom is -0.333 e. The summed E-state index contributed by atoms with van der Waals surface area (Å²) < 4.78 is 0. The molecule has 1 fully saturated rings. The van der Waals surface area contributed by atoms with Crippen LogP contribution in [0.1, 0.15) is 47.8 Å². The molecule has 2 heterocycles. The van der Waals surface area contributed by atoms with Crippen molar-refractivity contribution in [3.8, 4) is 0 Å². The Morgan fingerprint density at radius 2 is 2.05 bits per heavy atom. The fourth-order valence-electron chi connectivity index (χ4n) is 3.31. The standard InChI is InChI=1S/C16H23N3O2.ClH/c1-11-10-17-7-8-19(11)16(21)13-9-12-5-3-2-4-6-14(12)18-15(13)20;/h9,11,17H,2-8,10H2,1H3,(H,18,20);1H/t11-;/m1./s1. The molecular weight excluding hydrogens is 302 g/mol. The molecule has 2 N–H and O–H groups in total. The number of pyridine rings is 1. The number of rotatable bonds is 1. The van der Waals surface area contributed by atoms with Crippen LogP contribution < -0.4 is 10.9 Å². The van der Waals surface area contributed by atoms with Crippen molar-refractivity contribution in [2.75, 3.05) is 19.6 Å². The summed E-state index contributed by atoms with van der Waals surface area (Å²) in [7, 11) is 0. The Balaban J connectivity index is 0.00000176. The van der Waals surface area contributed by atoms with Crippen LogP contribution in [0.4, 0.5) is 0 Å². The van der Waals surface area contributed by atoms with Gasteiger partial charge in [0.05, 0.1) is 0 Å². The molecule has 1 aliphatic carbocycles. The average molecular weight is 326 g/mol. The number of carbonyl (C=O) groups excluding carboxylic acids is 1. The zero-order chi connectivity index (χ0) is 14.8. The van der Waals surface area contributed by atoms with Crippen molar-refractivity contribution in [3.05, 3.63) is 33.2 Å². The van der Waals surface area contributed by atoms with Gasteiger partial charge in [-0.2, -0.15) is 0 Å². The molecule has 22 heavy (non-hydrogen) atoms. The highest BCUT2D eigenvalue weighted by molar-refractivity contribution is 5.94. The lowest BCUT2D eigenvalue weighted by molar-refractivity contribution is 0.0653. The van der Waals surface area contributed by atoms with Crippen LogP contribution in [0.15, 0.2) is 10.9 Å². The molecule has 1 aliphatic heterocycles. The van der Waals surface area contributed by atoms with E-state index in [2.05, 4.69) is 10.3 Å². The maximum atomic E-state index is 12.7. The van der Waals surface area contributed by atoms with E-state index in [1.54, 1.807) is 0 Å². The van der Waals surface area contributed by atoms with Crippen LogP contribution in [0.25, 0.3) is 0 Å². The minimum atomic E-state index is -0.230. The number of aromatic amines is 1. The van der Waals surface area contributed by atoms with Crippen LogP contribution in [-0.2, 0) is 12.8 Å². The fourth-order valence-corrected chi connectivity index (χ4v) is 3.31. The number of hydrogen-bond donors (Lipinski definition) is 2. The summed E-state index contributed by atoms with van der Waals surface area (Å²) in [6.07, 6.45) is 5.32. The van der Waals surface area contributed by atoms with Gasteiger partial charge in [-0.1, -0.05) is 6.42 Å². The van der Waals surface area contributed by atoms with Gasteiger partial charge in [-0.05, 0) is 44.2 Å². The zero-order valence-corrected chi connectivity index (χ0v) is 13.8. The van der Waals surface area contributed by atoms with Crippen molar-refractivity contribution < 1.29 is 4.79 Å². The second-order valence-corrected chi connectivity index (χ2v) is 6.13. The first-order valence-corrected chi connectivity index (χ1v) is 7.93. The molecule has 2 aliphatic rings. The molecule has 1 aromatic rings. The number of amides is 1. The Kier molecular flexibility index (Phi) is 5.64. The fraction of sp³-hybridized carbons (Fsp3) is 0.625. The Morgan fingerprint density at radius 3 is 2.82 bits per heavy atom. The second-order valence-electron chi connectivity index (χ2n) is 6.13. The van der Waals surface area contributed by atoms with Crippen LogP contribution in [-0.4, -0.2) is 41.5 Å². The largest absolute Gasteiger partial charge is 0.333 e. The molecule has 5 nitrogen and oxygen atoms in total. The molecule has 0 unspecified atom stereocenters. The number of carbonyl (C=O) groups is 1. The van der Waals surface area contributed by atoms with Gasteiger partial charge in [-0.15, -0.1) is 12.4 Å². The van der Waals surface area contributed by atoms with Crippen molar-refractivity contribution in [1.82, 2.24) is 15.2 Å². The maximum absolute atomic E-state index is 12.7. The monoisotopic (exact) mass is 325 g/mol. The third-order valence-corrected chi connectivity index (χ3v) is 4.58. The summed E-state index contributed by atoms with van der Waals surface area (Å²) >= 11 is 0. The van der Waals surface area contributed by atoms with E-state index >= 15 is 0 Å². The highest BCUT2D eigenvalue weighted by atomic mass is 35.5. The van der Waals surface area contributed by atoms with Gasteiger partial charge in [-0.3, -0.25) is 9.59 Å². The molecule has 0 saturated carbocycles. The number of nitrogens with zero attached hydrogens (tertiary/aromatic N) is 1. The number of piperazine rings is 1. The Labute approximate surface area is 136 Å². The molecule has 0 aromatic carbocycles. The number of H-pyrrole nitrogens is 1. The lowest BCUT2D eigenvalue weighted by Gasteiger charge is -2.33. The molecule has 1 saturated heterocycles. The number of hydrogen-bond acceptors (Lipinski definition) is 3. The zero-order valence-electron chi connectivity index (χ0n) is 13.0. The molecule has 6 heteroatoms. The number of aryl methyl sites for hydroxylation is 2. The summed E-state index contributed by atoms with van der Waals surface area (Å²) in [6.45, 7) is 4.26. The van der Waals surface area contributed by atoms with E-state index < -0.39 is 0 Å². The predicted octanol–water partition coefficient (Wildman–Crippen LogP) is 1.50. The van der Waals surface area contributed by atoms with E-state index in [1.165, 1.54) is 6.42 Å². The first-order chi connectivity index (χ1) is 10.2. The van der Waals surface area contributed by atoms with Gasteiger partial charge in [0.2, 0.25) is 0 Å². The smallest absolute Gasteiger partial charge is 0.261 e. The molecule has 1 aromatic heterocycles. The predicted molar refractivity (Wildman–Crippen MR) is 88.9 cm³/mol. The summed E-state index contributed by atoms with van der Waals surface area (Å²) in [4.78, 5) is 29.7. The summed E-state index contributed by atoms with van der Waals surface area (Å²) in [5, 5.41) is 3.26. The van der Waals surface area contributed by atoms with E-state index in [-0.39, 0.29) is 29.9 Å². The lowest BCUT2D eigenvalue weighted by atomic mass is 10.0. The summed E-state index contributed by atoms with van der Waals surface area (Å²) in [5.74, 6) is -0.128. The van der Waals surface area contributed by atoms with E-state index in [4.69, 9.17) is 0 Å².